The zero-order chi connectivity index (χ0) is 17.2. The number of nitrogens with zero attached hydrogens (tertiary/aromatic N) is 1. The molecule has 0 saturated heterocycles. The molecule has 0 bridgehead atoms. The molecule has 1 aliphatic rings. The van der Waals surface area contributed by atoms with Crippen LogP contribution in [-0.4, -0.2) is 31.6 Å². The van der Waals surface area contributed by atoms with Crippen LogP contribution in [0.2, 0.25) is 0 Å². The predicted molar refractivity (Wildman–Crippen MR) is 92.7 cm³/mol. The van der Waals surface area contributed by atoms with Crippen LogP contribution in [0.1, 0.15) is 33.9 Å². The molecule has 3 rings (SSSR count). The highest BCUT2D eigenvalue weighted by Gasteiger charge is 2.24. The molecule has 8 heteroatoms. The van der Waals surface area contributed by atoms with Gasteiger partial charge in [-0.05, 0) is 30.5 Å². The first-order chi connectivity index (χ1) is 11.4. The van der Waals surface area contributed by atoms with Crippen LogP contribution >= 0.6 is 11.3 Å². The van der Waals surface area contributed by atoms with E-state index in [-0.39, 0.29) is 5.91 Å². The van der Waals surface area contributed by atoms with Gasteiger partial charge in [-0.15, -0.1) is 11.3 Å². The van der Waals surface area contributed by atoms with Gasteiger partial charge in [0.15, 0.2) is 9.84 Å². The number of amides is 1. The van der Waals surface area contributed by atoms with Crippen LogP contribution in [-0.2, 0) is 22.9 Å². The highest BCUT2D eigenvalue weighted by Crippen LogP contribution is 2.19. The Hall–Kier alpha value is -1.77. The molecule has 1 saturated carbocycles. The van der Waals surface area contributed by atoms with Gasteiger partial charge in [-0.1, -0.05) is 12.1 Å². The number of benzene rings is 1. The van der Waals surface area contributed by atoms with Crippen molar-refractivity contribution in [1.82, 2.24) is 15.6 Å². The number of carbonyl (C=O) groups is 1. The van der Waals surface area contributed by atoms with E-state index >= 15 is 0 Å². The predicted octanol–water partition coefficient (Wildman–Crippen LogP) is 1.73. The van der Waals surface area contributed by atoms with Crippen LogP contribution in [0.3, 0.4) is 0 Å². The van der Waals surface area contributed by atoms with E-state index in [1.165, 1.54) is 17.6 Å². The van der Waals surface area contributed by atoms with E-state index in [1.807, 2.05) is 0 Å². The zero-order valence-corrected chi connectivity index (χ0v) is 14.9. The molecule has 0 spiro atoms. The third-order valence-electron chi connectivity index (χ3n) is 3.65. The maximum atomic E-state index is 11.9. The fourth-order valence-corrected chi connectivity index (χ4v) is 3.53. The van der Waals surface area contributed by atoms with Crippen LogP contribution in [0.4, 0.5) is 0 Å². The van der Waals surface area contributed by atoms with Crippen molar-refractivity contribution >= 4 is 27.1 Å². The molecule has 2 aromatic rings. The van der Waals surface area contributed by atoms with Gasteiger partial charge in [-0.3, -0.25) is 4.79 Å². The number of hydrogen-bond donors (Lipinski definition) is 2. The van der Waals surface area contributed by atoms with Gasteiger partial charge < -0.3 is 10.6 Å². The average Bonchev–Trinajstić information content (AvgIpc) is 3.22. The van der Waals surface area contributed by atoms with Crippen molar-refractivity contribution in [3.05, 3.63) is 45.9 Å². The average molecular weight is 365 g/mol. The van der Waals surface area contributed by atoms with Gasteiger partial charge in [-0.25, -0.2) is 13.4 Å². The van der Waals surface area contributed by atoms with Crippen LogP contribution in [0, 0.1) is 0 Å². The Labute approximate surface area is 145 Å². The summed E-state index contributed by atoms with van der Waals surface area (Å²) < 4.78 is 22.8. The van der Waals surface area contributed by atoms with Crippen molar-refractivity contribution in [2.24, 2.45) is 0 Å². The topological polar surface area (TPSA) is 88.2 Å². The number of sulfone groups is 1. The first-order valence-electron chi connectivity index (χ1n) is 7.67. The monoisotopic (exact) mass is 365 g/mol. The second-order valence-electron chi connectivity index (χ2n) is 5.89. The van der Waals surface area contributed by atoms with Crippen molar-refractivity contribution in [2.45, 2.75) is 36.9 Å². The Balaban J connectivity index is 1.49. The lowest BCUT2D eigenvalue weighted by atomic mass is 10.2. The van der Waals surface area contributed by atoms with Crippen molar-refractivity contribution in [3.63, 3.8) is 0 Å². The van der Waals surface area contributed by atoms with Crippen LogP contribution in [0.5, 0.6) is 0 Å². The summed E-state index contributed by atoms with van der Waals surface area (Å²) in [6, 6.07) is 7.13. The Morgan fingerprint density at radius 3 is 2.58 bits per heavy atom. The molecule has 24 heavy (non-hydrogen) atoms. The van der Waals surface area contributed by atoms with E-state index < -0.39 is 9.84 Å². The number of aromatic nitrogens is 1. The molecule has 1 aliphatic carbocycles. The van der Waals surface area contributed by atoms with E-state index in [4.69, 9.17) is 0 Å². The van der Waals surface area contributed by atoms with Crippen molar-refractivity contribution in [3.8, 4) is 0 Å². The van der Waals surface area contributed by atoms with Crippen molar-refractivity contribution < 1.29 is 13.2 Å². The Kier molecular flexibility index (Phi) is 4.98. The molecule has 0 radical (unpaired) electrons. The van der Waals surface area contributed by atoms with Gasteiger partial charge in [-0.2, -0.15) is 0 Å². The van der Waals surface area contributed by atoms with Crippen LogP contribution in [0.25, 0.3) is 0 Å². The van der Waals surface area contributed by atoms with Gasteiger partial charge in [0.25, 0.3) is 5.91 Å². The van der Waals surface area contributed by atoms with Crippen molar-refractivity contribution in [2.75, 3.05) is 6.26 Å². The normalized spacial score (nSPS) is 14.5. The van der Waals surface area contributed by atoms with E-state index in [9.17, 15) is 13.2 Å². The highest BCUT2D eigenvalue weighted by atomic mass is 32.2. The molecule has 1 aromatic carbocycles. The molecule has 1 aromatic heterocycles. The third-order valence-corrected chi connectivity index (χ3v) is 5.63. The second kappa shape index (κ2) is 7.00. The summed E-state index contributed by atoms with van der Waals surface area (Å²) in [4.78, 5) is 16.5. The minimum Gasteiger partial charge on any atom is -0.348 e. The summed E-state index contributed by atoms with van der Waals surface area (Å²) in [5.41, 5.74) is 1.46. The summed E-state index contributed by atoms with van der Waals surface area (Å²) in [7, 11) is -3.16. The van der Waals surface area contributed by atoms with Crippen molar-refractivity contribution in [1.29, 1.82) is 0 Å². The highest BCUT2D eigenvalue weighted by molar-refractivity contribution is 7.90. The summed E-state index contributed by atoms with van der Waals surface area (Å²) >= 11 is 1.45. The van der Waals surface area contributed by atoms with Gasteiger partial charge in [0.05, 0.1) is 4.90 Å². The van der Waals surface area contributed by atoms with Gasteiger partial charge in [0.2, 0.25) is 0 Å². The fourth-order valence-electron chi connectivity index (χ4n) is 2.15. The minimum atomic E-state index is -3.16. The Bertz CT molecular complexity index is 825. The first-order valence-corrected chi connectivity index (χ1v) is 10.4. The lowest BCUT2D eigenvalue weighted by Crippen LogP contribution is -2.25. The molecule has 128 valence electrons. The smallest absolute Gasteiger partial charge is 0.270 e. The zero-order valence-electron chi connectivity index (χ0n) is 13.3. The largest absolute Gasteiger partial charge is 0.348 e. The summed E-state index contributed by atoms with van der Waals surface area (Å²) in [5.74, 6) is -0.101. The third kappa shape index (κ3) is 4.62. The Morgan fingerprint density at radius 1 is 1.25 bits per heavy atom. The van der Waals surface area contributed by atoms with E-state index in [0.29, 0.717) is 29.7 Å². The van der Waals surface area contributed by atoms with E-state index in [1.54, 1.807) is 29.6 Å². The summed E-state index contributed by atoms with van der Waals surface area (Å²) in [6.45, 7) is 1.17. The number of nitrogens with one attached hydrogen (secondary N) is 2. The maximum absolute atomic E-state index is 11.9. The number of thiazole rings is 1. The van der Waals surface area contributed by atoms with Gasteiger partial charge >= 0.3 is 0 Å². The molecular formula is C16H19N3O3S2. The summed E-state index contributed by atoms with van der Waals surface area (Å²) in [5, 5.41) is 8.79. The fraction of sp³-hybridized carbons (Fsp3) is 0.375. The molecule has 6 nitrogen and oxygen atoms in total. The molecule has 2 N–H and O–H groups in total. The first kappa shape index (κ1) is 17.1. The van der Waals surface area contributed by atoms with E-state index in [0.717, 1.165) is 23.4 Å². The lowest BCUT2D eigenvalue weighted by molar-refractivity contribution is 0.0946. The lowest BCUT2D eigenvalue weighted by Gasteiger charge is -2.04. The minimum absolute atomic E-state index is 0.101. The Morgan fingerprint density at radius 2 is 1.96 bits per heavy atom. The van der Waals surface area contributed by atoms with Gasteiger partial charge in [0, 0.05) is 30.8 Å². The standard InChI is InChI=1S/C16H19N3O3S2/c1-24(21,22)13-6-2-11(3-7-13)8-17-9-15-19-14(10-23-15)16(20)18-12-4-5-12/h2-3,6-7,10,12,17H,4-5,8-9H2,1H3,(H,18,20). The molecule has 0 atom stereocenters. The van der Waals surface area contributed by atoms with Crippen LogP contribution in [0.15, 0.2) is 34.5 Å². The SMILES string of the molecule is CS(=O)(=O)c1ccc(CNCc2nc(C(=O)NC3CC3)cs2)cc1. The maximum Gasteiger partial charge on any atom is 0.270 e. The molecule has 0 aliphatic heterocycles. The quantitative estimate of drug-likeness (QED) is 0.780. The molecular weight excluding hydrogens is 346 g/mol. The van der Waals surface area contributed by atoms with E-state index in [2.05, 4.69) is 15.6 Å². The number of carbonyl (C=O) groups excluding carboxylic acids is 1. The van der Waals surface area contributed by atoms with Gasteiger partial charge in [0.1, 0.15) is 10.7 Å². The number of hydrogen-bond acceptors (Lipinski definition) is 6. The van der Waals surface area contributed by atoms with Crippen LogP contribution < -0.4 is 10.6 Å². The molecule has 1 amide bonds. The summed E-state index contributed by atoms with van der Waals surface area (Å²) in [6.07, 6.45) is 3.31. The number of rotatable bonds is 7. The molecule has 1 heterocycles. The molecule has 0 unspecified atom stereocenters. The second-order valence-corrected chi connectivity index (χ2v) is 8.85. The molecule has 1 fully saturated rings.